The van der Waals surface area contributed by atoms with Crippen LogP contribution in [-0.2, 0) is 14.9 Å². The van der Waals surface area contributed by atoms with E-state index in [-0.39, 0.29) is 29.7 Å². The molecular weight excluding hydrogens is 350 g/mol. The highest BCUT2D eigenvalue weighted by Gasteiger charge is 2.25. The summed E-state index contributed by atoms with van der Waals surface area (Å²) in [7, 11) is 0. The van der Waals surface area contributed by atoms with E-state index in [1.807, 2.05) is 13.0 Å². The van der Waals surface area contributed by atoms with E-state index in [4.69, 9.17) is 9.47 Å². The third kappa shape index (κ3) is 7.16. The number of benzene rings is 1. The molecular formula is C21H34ClNO3. The Morgan fingerprint density at radius 3 is 2.54 bits per heavy atom. The largest absolute Gasteiger partial charge is 0.494 e. The van der Waals surface area contributed by atoms with E-state index in [2.05, 4.69) is 43.9 Å². The fourth-order valence-electron chi connectivity index (χ4n) is 3.18. The maximum absolute atomic E-state index is 11.8. The molecule has 0 N–H and O–H groups in total. The average Bonchev–Trinajstić information content (AvgIpc) is 2.59. The number of hydrogen-bond donors (Lipinski definition) is 0. The zero-order chi connectivity index (χ0) is 18.3. The lowest BCUT2D eigenvalue weighted by Crippen LogP contribution is -2.37. The van der Waals surface area contributed by atoms with Crippen molar-refractivity contribution in [1.29, 1.82) is 0 Å². The second-order valence-electron chi connectivity index (χ2n) is 7.85. The minimum Gasteiger partial charge on any atom is -0.494 e. The molecule has 0 spiro atoms. The first-order valence-corrected chi connectivity index (χ1v) is 9.52. The van der Waals surface area contributed by atoms with Gasteiger partial charge >= 0.3 is 5.97 Å². The van der Waals surface area contributed by atoms with Gasteiger partial charge in [-0.2, -0.15) is 0 Å². The van der Waals surface area contributed by atoms with E-state index in [0.717, 1.165) is 51.3 Å². The Hall–Kier alpha value is -1.26. The predicted molar refractivity (Wildman–Crippen MR) is 108 cm³/mol. The summed E-state index contributed by atoms with van der Waals surface area (Å²) in [6, 6.07) is 8.39. The molecule has 1 fully saturated rings. The molecule has 0 aliphatic carbocycles. The average molecular weight is 384 g/mol. The SMILES string of the molecule is CCOC(=O)C1CCN(CCCOc2cccc(C(C)(C)C)c2)CC1.Cl. The molecule has 0 unspecified atom stereocenters. The fourth-order valence-corrected chi connectivity index (χ4v) is 3.18. The van der Waals surface area contributed by atoms with Crippen molar-refractivity contribution in [3.8, 4) is 5.75 Å². The van der Waals surface area contributed by atoms with Gasteiger partial charge in [0.15, 0.2) is 0 Å². The Balaban J connectivity index is 0.00000338. The quantitative estimate of drug-likeness (QED) is 0.515. The maximum Gasteiger partial charge on any atom is 0.309 e. The van der Waals surface area contributed by atoms with Crippen LogP contribution in [0.3, 0.4) is 0 Å². The zero-order valence-electron chi connectivity index (χ0n) is 16.6. The molecule has 5 heteroatoms. The zero-order valence-corrected chi connectivity index (χ0v) is 17.4. The molecule has 4 nitrogen and oxygen atoms in total. The molecule has 26 heavy (non-hydrogen) atoms. The lowest BCUT2D eigenvalue weighted by Gasteiger charge is -2.30. The van der Waals surface area contributed by atoms with Crippen molar-refractivity contribution in [2.24, 2.45) is 5.92 Å². The predicted octanol–water partition coefficient (Wildman–Crippen LogP) is 4.45. The third-order valence-electron chi connectivity index (χ3n) is 4.79. The molecule has 1 aromatic carbocycles. The molecule has 0 atom stereocenters. The summed E-state index contributed by atoms with van der Waals surface area (Å²) in [5, 5.41) is 0. The first-order valence-electron chi connectivity index (χ1n) is 9.52. The van der Waals surface area contributed by atoms with E-state index in [1.54, 1.807) is 0 Å². The number of halogens is 1. The fraction of sp³-hybridized carbons (Fsp3) is 0.667. The standard InChI is InChI=1S/C21H33NO3.ClH/c1-5-24-20(23)17-10-13-22(14-11-17)12-7-15-25-19-9-6-8-18(16-19)21(2,3)4;/h6,8-9,16-17H,5,7,10-15H2,1-4H3;1H. The monoisotopic (exact) mass is 383 g/mol. The molecule has 0 saturated carbocycles. The number of rotatable bonds is 7. The number of piperidine rings is 1. The third-order valence-corrected chi connectivity index (χ3v) is 4.79. The molecule has 1 heterocycles. The first-order chi connectivity index (χ1) is 11.9. The Labute approximate surface area is 164 Å². The van der Waals surface area contributed by atoms with Crippen LogP contribution in [0.25, 0.3) is 0 Å². The maximum atomic E-state index is 11.8. The van der Waals surface area contributed by atoms with Gasteiger partial charge in [0.25, 0.3) is 0 Å². The van der Waals surface area contributed by atoms with E-state index < -0.39 is 0 Å². The molecule has 0 amide bonds. The smallest absolute Gasteiger partial charge is 0.309 e. The van der Waals surface area contributed by atoms with Crippen molar-refractivity contribution in [3.05, 3.63) is 29.8 Å². The number of hydrogen-bond acceptors (Lipinski definition) is 4. The van der Waals surface area contributed by atoms with Gasteiger partial charge in [-0.25, -0.2) is 0 Å². The summed E-state index contributed by atoms with van der Waals surface area (Å²) in [5.41, 5.74) is 1.44. The number of esters is 1. The molecule has 1 saturated heterocycles. The van der Waals surface area contributed by atoms with Crippen LogP contribution >= 0.6 is 12.4 Å². The van der Waals surface area contributed by atoms with Crippen molar-refractivity contribution in [2.45, 2.75) is 52.4 Å². The van der Waals surface area contributed by atoms with Crippen molar-refractivity contribution in [1.82, 2.24) is 4.90 Å². The van der Waals surface area contributed by atoms with E-state index in [1.165, 1.54) is 5.56 Å². The molecule has 0 radical (unpaired) electrons. The van der Waals surface area contributed by atoms with E-state index in [9.17, 15) is 4.79 Å². The number of carbonyl (C=O) groups is 1. The second-order valence-corrected chi connectivity index (χ2v) is 7.85. The van der Waals surface area contributed by atoms with Gasteiger partial charge in [0.1, 0.15) is 5.75 Å². The van der Waals surface area contributed by atoms with Crippen LogP contribution < -0.4 is 4.74 Å². The molecule has 0 aromatic heterocycles. The Bertz CT molecular complexity index is 548. The van der Waals surface area contributed by atoms with Crippen molar-refractivity contribution in [2.75, 3.05) is 32.8 Å². The summed E-state index contributed by atoms with van der Waals surface area (Å²) in [6.45, 7) is 12.7. The van der Waals surface area contributed by atoms with Crippen molar-refractivity contribution >= 4 is 18.4 Å². The molecule has 1 aliphatic heterocycles. The molecule has 148 valence electrons. The van der Waals surface area contributed by atoms with Gasteiger partial charge in [-0.05, 0) is 62.4 Å². The van der Waals surface area contributed by atoms with Gasteiger partial charge in [0.05, 0.1) is 19.1 Å². The minimum absolute atomic E-state index is 0. The molecule has 0 bridgehead atoms. The van der Waals surface area contributed by atoms with Gasteiger partial charge in [0, 0.05) is 6.54 Å². The molecule has 2 rings (SSSR count). The summed E-state index contributed by atoms with van der Waals surface area (Å²) in [6.07, 6.45) is 2.82. The first kappa shape index (κ1) is 22.8. The number of ether oxygens (including phenoxy) is 2. The Kier molecular flexibility index (Phi) is 9.45. The van der Waals surface area contributed by atoms with Crippen LogP contribution in [0.4, 0.5) is 0 Å². The van der Waals surface area contributed by atoms with Gasteiger partial charge in [-0.1, -0.05) is 32.9 Å². The number of carbonyl (C=O) groups excluding carboxylic acids is 1. The highest BCUT2D eigenvalue weighted by Crippen LogP contribution is 2.25. The van der Waals surface area contributed by atoms with Crippen molar-refractivity contribution in [3.63, 3.8) is 0 Å². The summed E-state index contributed by atoms with van der Waals surface area (Å²) in [5.74, 6) is 1.02. The minimum atomic E-state index is -0.0239. The van der Waals surface area contributed by atoms with Gasteiger partial charge < -0.3 is 14.4 Å². The molecule has 1 aromatic rings. The lowest BCUT2D eigenvalue weighted by atomic mass is 9.87. The van der Waals surface area contributed by atoms with Crippen LogP contribution in [0, 0.1) is 5.92 Å². The number of nitrogens with zero attached hydrogens (tertiary/aromatic N) is 1. The summed E-state index contributed by atoms with van der Waals surface area (Å²) < 4.78 is 11.0. The Morgan fingerprint density at radius 2 is 1.92 bits per heavy atom. The lowest BCUT2D eigenvalue weighted by molar-refractivity contribution is -0.149. The van der Waals surface area contributed by atoms with Crippen LogP contribution in [0.1, 0.15) is 52.5 Å². The van der Waals surface area contributed by atoms with E-state index >= 15 is 0 Å². The number of likely N-dealkylation sites (tertiary alicyclic amines) is 1. The van der Waals surface area contributed by atoms with Crippen LogP contribution in [0.2, 0.25) is 0 Å². The highest BCUT2D eigenvalue weighted by atomic mass is 35.5. The van der Waals surface area contributed by atoms with Crippen molar-refractivity contribution < 1.29 is 14.3 Å². The van der Waals surface area contributed by atoms with Crippen LogP contribution in [0.15, 0.2) is 24.3 Å². The normalized spacial score (nSPS) is 16.0. The summed E-state index contributed by atoms with van der Waals surface area (Å²) >= 11 is 0. The topological polar surface area (TPSA) is 38.8 Å². The van der Waals surface area contributed by atoms with Crippen LogP contribution in [-0.4, -0.2) is 43.7 Å². The second kappa shape index (κ2) is 10.8. The van der Waals surface area contributed by atoms with Gasteiger partial charge in [0.2, 0.25) is 0 Å². The Morgan fingerprint density at radius 1 is 1.23 bits per heavy atom. The van der Waals surface area contributed by atoms with E-state index in [0.29, 0.717) is 6.61 Å². The highest BCUT2D eigenvalue weighted by molar-refractivity contribution is 5.85. The van der Waals surface area contributed by atoms with Crippen LogP contribution in [0.5, 0.6) is 5.75 Å². The van der Waals surface area contributed by atoms with Gasteiger partial charge in [-0.3, -0.25) is 4.79 Å². The van der Waals surface area contributed by atoms with Gasteiger partial charge in [-0.15, -0.1) is 12.4 Å². The molecule has 1 aliphatic rings. The summed E-state index contributed by atoms with van der Waals surface area (Å²) in [4.78, 5) is 14.2.